The van der Waals surface area contributed by atoms with Gasteiger partial charge in [0.15, 0.2) is 0 Å². The molecular formula is C8H19NOS. The van der Waals surface area contributed by atoms with Crippen LogP contribution >= 0.6 is 0 Å². The van der Waals surface area contributed by atoms with Crippen molar-refractivity contribution >= 4 is 9.73 Å². The molecule has 3 heteroatoms. The Morgan fingerprint density at radius 2 is 1.82 bits per heavy atom. The second-order valence-electron chi connectivity index (χ2n) is 3.38. The van der Waals surface area contributed by atoms with Gasteiger partial charge in [-0.2, -0.15) is 0 Å². The van der Waals surface area contributed by atoms with Crippen LogP contribution in [-0.2, 0) is 9.73 Å². The highest BCUT2D eigenvalue weighted by atomic mass is 32.2. The third kappa shape index (κ3) is 3.23. The first-order chi connectivity index (χ1) is 4.91. The van der Waals surface area contributed by atoms with Crippen LogP contribution < -0.4 is 0 Å². The molecule has 0 fully saturated rings. The zero-order valence-corrected chi connectivity index (χ0v) is 8.70. The second-order valence-corrected chi connectivity index (χ2v) is 5.98. The molecule has 0 bridgehead atoms. The molecule has 68 valence electrons. The van der Waals surface area contributed by atoms with Gasteiger partial charge in [0.1, 0.15) is 0 Å². The zero-order chi connectivity index (χ0) is 9.07. The van der Waals surface area contributed by atoms with Gasteiger partial charge in [0.05, 0.1) is 0 Å². The predicted molar refractivity (Wildman–Crippen MR) is 50.3 cm³/mol. The van der Waals surface area contributed by atoms with E-state index in [-0.39, 0.29) is 5.25 Å². The van der Waals surface area contributed by atoms with Gasteiger partial charge in [0.2, 0.25) is 0 Å². The molecule has 11 heavy (non-hydrogen) atoms. The van der Waals surface area contributed by atoms with E-state index < -0.39 is 9.73 Å². The van der Waals surface area contributed by atoms with E-state index in [0.29, 0.717) is 11.7 Å². The van der Waals surface area contributed by atoms with Gasteiger partial charge in [-0.05, 0) is 19.3 Å². The Labute approximate surface area is 70.4 Å². The Balaban J connectivity index is 4.31. The number of nitrogens with one attached hydrogen (secondary N) is 1. The van der Waals surface area contributed by atoms with Gasteiger partial charge in [-0.15, -0.1) is 0 Å². The molecular weight excluding hydrogens is 158 g/mol. The van der Waals surface area contributed by atoms with E-state index in [1.807, 2.05) is 27.7 Å². The maximum Gasteiger partial charge on any atom is 0.0470 e. The Kier molecular flexibility index (Phi) is 4.08. The van der Waals surface area contributed by atoms with Crippen molar-refractivity contribution in [2.45, 2.75) is 39.4 Å². The fourth-order valence-corrected chi connectivity index (χ4v) is 2.79. The van der Waals surface area contributed by atoms with Crippen molar-refractivity contribution in [1.82, 2.24) is 0 Å². The molecule has 0 heterocycles. The van der Waals surface area contributed by atoms with Crippen LogP contribution in [0.25, 0.3) is 0 Å². The summed E-state index contributed by atoms with van der Waals surface area (Å²) in [7, 11) is -2.31. The number of rotatable bonds is 4. The maximum atomic E-state index is 11.6. The monoisotopic (exact) mass is 177 g/mol. The molecule has 1 N–H and O–H groups in total. The second kappa shape index (κ2) is 4.10. The van der Waals surface area contributed by atoms with Crippen LogP contribution in [0.1, 0.15) is 34.1 Å². The molecule has 0 saturated carbocycles. The van der Waals surface area contributed by atoms with Crippen molar-refractivity contribution in [2.75, 3.05) is 5.75 Å². The molecule has 0 radical (unpaired) electrons. The molecule has 2 nitrogen and oxygen atoms in total. The molecule has 0 amide bonds. The molecule has 2 unspecified atom stereocenters. The van der Waals surface area contributed by atoms with Crippen LogP contribution in [0, 0.1) is 10.7 Å². The van der Waals surface area contributed by atoms with Crippen molar-refractivity contribution < 1.29 is 4.21 Å². The average Bonchev–Trinajstić information content (AvgIpc) is 1.86. The predicted octanol–water partition coefficient (Wildman–Crippen LogP) is 2.49. The summed E-state index contributed by atoms with van der Waals surface area (Å²) in [6, 6.07) is 0. The molecule has 0 spiro atoms. The molecule has 0 rings (SSSR count). The Morgan fingerprint density at radius 1 is 1.36 bits per heavy atom. The van der Waals surface area contributed by atoms with Crippen LogP contribution in [-0.4, -0.2) is 15.2 Å². The lowest BCUT2D eigenvalue weighted by Gasteiger charge is -2.18. The molecule has 2 atom stereocenters. The first-order valence-electron chi connectivity index (χ1n) is 4.17. The summed E-state index contributed by atoms with van der Waals surface area (Å²) in [4.78, 5) is 0. The van der Waals surface area contributed by atoms with E-state index in [1.54, 1.807) is 0 Å². The number of hydrogen-bond donors (Lipinski definition) is 1. The van der Waals surface area contributed by atoms with Gasteiger partial charge in [-0.3, -0.25) is 4.78 Å². The van der Waals surface area contributed by atoms with E-state index >= 15 is 0 Å². The third-order valence-corrected chi connectivity index (χ3v) is 4.81. The standard InChI is InChI=1S/C8H19NOS/c1-5-6-11(9,10)8(4)7(2)3/h7-9H,5-6H2,1-4H3. The Hall–Kier alpha value is -0.0500. The summed E-state index contributed by atoms with van der Waals surface area (Å²) >= 11 is 0. The highest BCUT2D eigenvalue weighted by molar-refractivity contribution is 7.93. The molecule has 0 aliphatic heterocycles. The quantitative estimate of drug-likeness (QED) is 0.704. The lowest BCUT2D eigenvalue weighted by Crippen LogP contribution is -2.24. The fraction of sp³-hybridized carbons (Fsp3) is 1.00. The summed E-state index contributed by atoms with van der Waals surface area (Å²) in [6.45, 7) is 7.93. The van der Waals surface area contributed by atoms with Crippen molar-refractivity contribution in [3.63, 3.8) is 0 Å². The minimum atomic E-state index is -2.31. The van der Waals surface area contributed by atoms with Gasteiger partial charge in [-0.25, -0.2) is 4.21 Å². The summed E-state index contributed by atoms with van der Waals surface area (Å²) in [6.07, 6.45) is 0.847. The Morgan fingerprint density at radius 3 is 2.09 bits per heavy atom. The minimum Gasteiger partial charge on any atom is -0.253 e. The van der Waals surface area contributed by atoms with Crippen LogP contribution in [0.2, 0.25) is 0 Å². The van der Waals surface area contributed by atoms with Gasteiger partial charge in [0.25, 0.3) is 0 Å². The van der Waals surface area contributed by atoms with E-state index in [1.165, 1.54) is 0 Å². The van der Waals surface area contributed by atoms with Crippen LogP contribution in [0.15, 0.2) is 0 Å². The smallest absolute Gasteiger partial charge is 0.0470 e. The third-order valence-electron chi connectivity index (χ3n) is 2.05. The highest BCUT2D eigenvalue weighted by Crippen LogP contribution is 2.13. The molecule has 0 aromatic carbocycles. The molecule has 0 aliphatic rings. The topological polar surface area (TPSA) is 40.9 Å². The van der Waals surface area contributed by atoms with Crippen molar-refractivity contribution in [3.05, 3.63) is 0 Å². The largest absolute Gasteiger partial charge is 0.253 e. The van der Waals surface area contributed by atoms with Crippen molar-refractivity contribution in [2.24, 2.45) is 5.92 Å². The minimum absolute atomic E-state index is 0.0300. The molecule has 0 saturated heterocycles. The number of hydrogen-bond acceptors (Lipinski definition) is 2. The Bertz CT molecular complexity index is 194. The van der Waals surface area contributed by atoms with E-state index in [4.69, 9.17) is 4.78 Å². The van der Waals surface area contributed by atoms with Gasteiger partial charge < -0.3 is 0 Å². The highest BCUT2D eigenvalue weighted by Gasteiger charge is 2.18. The lowest BCUT2D eigenvalue weighted by atomic mass is 10.2. The van der Waals surface area contributed by atoms with Gasteiger partial charge in [-0.1, -0.05) is 20.8 Å². The first-order valence-corrected chi connectivity index (χ1v) is 5.96. The van der Waals surface area contributed by atoms with E-state index in [2.05, 4.69) is 0 Å². The fourth-order valence-electron chi connectivity index (χ4n) is 0.929. The summed E-state index contributed by atoms with van der Waals surface area (Å²) in [5.74, 6) is 0.901. The SMILES string of the molecule is CCCS(=N)(=O)C(C)C(C)C. The van der Waals surface area contributed by atoms with Crippen LogP contribution in [0.4, 0.5) is 0 Å². The van der Waals surface area contributed by atoms with Gasteiger partial charge >= 0.3 is 0 Å². The van der Waals surface area contributed by atoms with Crippen molar-refractivity contribution in [1.29, 1.82) is 4.78 Å². The molecule has 0 aromatic rings. The average molecular weight is 177 g/mol. The van der Waals surface area contributed by atoms with Crippen molar-refractivity contribution in [3.8, 4) is 0 Å². The van der Waals surface area contributed by atoms with E-state index in [0.717, 1.165) is 6.42 Å². The molecule has 0 aliphatic carbocycles. The molecule has 0 aromatic heterocycles. The zero-order valence-electron chi connectivity index (χ0n) is 7.89. The van der Waals surface area contributed by atoms with Gasteiger partial charge in [0, 0.05) is 20.7 Å². The summed E-state index contributed by atoms with van der Waals surface area (Å²) in [5, 5.41) is 0.0300. The normalized spacial score (nSPS) is 19.7. The van der Waals surface area contributed by atoms with E-state index in [9.17, 15) is 4.21 Å². The lowest BCUT2D eigenvalue weighted by molar-refractivity contribution is 0.596. The maximum absolute atomic E-state index is 11.6. The van der Waals surface area contributed by atoms with Crippen LogP contribution in [0.3, 0.4) is 0 Å². The summed E-state index contributed by atoms with van der Waals surface area (Å²) in [5.41, 5.74) is 0. The first kappa shape index (κ1) is 11.0. The van der Waals surface area contributed by atoms with Crippen LogP contribution in [0.5, 0.6) is 0 Å². The summed E-state index contributed by atoms with van der Waals surface area (Å²) < 4.78 is 19.2.